The molecule has 4 heteroatoms. The molecule has 1 saturated heterocycles. The van der Waals surface area contributed by atoms with Gasteiger partial charge in [-0.1, -0.05) is 39.0 Å². The van der Waals surface area contributed by atoms with Crippen molar-refractivity contribution in [3.63, 3.8) is 0 Å². The molecule has 1 aromatic carbocycles. The molecule has 2 aromatic rings. The van der Waals surface area contributed by atoms with Gasteiger partial charge in [-0.05, 0) is 49.3 Å². The van der Waals surface area contributed by atoms with Crippen LogP contribution in [0.3, 0.4) is 0 Å². The van der Waals surface area contributed by atoms with Crippen LogP contribution < -0.4 is 10.2 Å². The normalized spacial score (nSPS) is 18.0. The fourth-order valence-electron chi connectivity index (χ4n) is 3.53. The van der Waals surface area contributed by atoms with Crippen molar-refractivity contribution in [1.82, 2.24) is 9.97 Å². The Hall–Kier alpha value is -2.10. The van der Waals surface area contributed by atoms with E-state index < -0.39 is 0 Å². The number of benzene rings is 1. The maximum atomic E-state index is 4.79. The summed E-state index contributed by atoms with van der Waals surface area (Å²) >= 11 is 0. The van der Waals surface area contributed by atoms with Crippen LogP contribution in [-0.2, 0) is 0 Å². The second-order valence-corrected chi connectivity index (χ2v) is 6.86. The molecule has 24 heavy (non-hydrogen) atoms. The van der Waals surface area contributed by atoms with E-state index in [-0.39, 0.29) is 0 Å². The molecule has 128 valence electrons. The summed E-state index contributed by atoms with van der Waals surface area (Å²) in [6, 6.07) is 11.0. The van der Waals surface area contributed by atoms with Crippen molar-refractivity contribution in [2.45, 2.75) is 58.4 Å². The SMILES string of the molecule is CCC1CCCCN1c1ccnc(Nc2ccccc2C(C)C)n1. The van der Waals surface area contributed by atoms with E-state index in [0.717, 1.165) is 18.1 Å². The van der Waals surface area contributed by atoms with Crippen LogP contribution >= 0.6 is 0 Å². The highest BCUT2D eigenvalue weighted by Gasteiger charge is 2.22. The van der Waals surface area contributed by atoms with Crippen molar-refractivity contribution in [2.24, 2.45) is 0 Å². The summed E-state index contributed by atoms with van der Waals surface area (Å²) in [4.78, 5) is 11.7. The highest BCUT2D eigenvalue weighted by molar-refractivity contribution is 5.60. The minimum atomic E-state index is 0.462. The van der Waals surface area contributed by atoms with E-state index in [1.807, 2.05) is 12.3 Å². The third-order valence-corrected chi connectivity index (χ3v) is 4.86. The standard InChI is InChI=1S/C20H28N4/c1-4-16-9-7-8-14-24(16)19-12-13-21-20(23-19)22-18-11-6-5-10-17(18)15(2)3/h5-6,10-13,15-16H,4,7-9,14H2,1-3H3,(H,21,22,23). The fraction of sp³-hybridized carbons (Fsp3) is 0.500. The maximum absolute atomic E-state index is 4.79. The molecule has 0 amide bonds. The molecular formula is C20H28N4. The second-order valence-electron chi connectivity index (χ2n) is 6.86. The maximum Gasteiger partial charge on any atom is 0.229 e. The van der Waals surface area contributed by atoms with Crippen molar-refractivity contribution in [3.8, 4) is 0 Å². The highest BCUT2D eigenvalue weighted by Crippen LogP contribution is 2.28. The smallest absolute Gasteiger partial charge is 0.229 e. The summed E-state index contributed by atoms with van der Waals surface area (Å²) in [5.74, 6) is 2.19. The lowest BCUT2D eigenvalue weighted by atomic mass is 10.0. The molecule has 1 aliphatic heterocycles. The summed E-state index contributed by atoms with van der Waals surface area (Å²) in [6.07, 6.45) is 6.87. The van der Waals surface area contributed by atoms with Crippen LogP contribution in [0.25, 0.3) is 0 Å². The van der Waals surface area contributed by atoms with Crippen molar-refractivity contribution in [2.75, 3.05) is 16.8 Å². The number of aromatic nitrogens is 2. The van der Waals surface area contributed by atoms with E-state index in [9.17, 15) is 0 Å². The van der Waals surface area contributed by atoms with Crippen LogP contribution in [-0.4, -0.2) is 22.6 Å². The van der Waals surface area contributed by atoms with Gasteiger partial charge in [-0.25, -0.2) is 4.98 Å². The Morgan fingerprint density at radius 1 is 1.21 bits per heavy atom. The average molecular weight is 324 g/mol. The van der Waals surface area contributed by atoms with Crippen LogP contribution in [0.1, 0.15) is 57.9 Å². The molecule has 0 spiro atoms. The van der Waals surface area contributed by atoms with Gasteiger partial charge < -0.3 is 10.2 Å². The molecule has 1 N–H and O–H groups in total. The Kier molecular flexibility index (Phi) is 5.34. The predicted molar refractivity (Wildman–Crippen MR) is 101 cm³/mol. The van der Waals surface area contributed by atoms with Crippen molar-refractivity contribution in [1.29, 1.82) is 0 Å². The molecule has 0 saturated carbocycles. The third-order valence-electron chi connectivity index (χ3n) is 4.86. The van der Waals surface area contributed by atoms with E-state index in [1.165, 1.54) is 31.2 Å². The van der Waals surface area contributed by atoms with Gasteiger partial charge in [0.15, 0.2) is 0 Å². The first-order valence-corrected chi connectivity index (χ1v) is 9.14. The van der Waals surface area contributed by atoms with Crippen LogP contribution in [0, 0.1) is 0 Å². The molecule has 1 fully saturated rings. The number of hydrogen-bond donors (Lipinski definition) is 1. The summed E-state index contributed by atoms with van der Waals surface area (Å²) < 4.78 is 0. The van der Waals surface area contributed by atoms with Crippen LogP contribution in [0.15, 0.2) is 36.5 Å². The first-order valence-electron chi connectivity index (χ1n) is 9.14. The summed E-state index contributed by atoms with van der Waals surface area (Å²) in [5, 5.41) is 3.42. The lowest BCUT2D eigenvalue weighted by molar-refractivity contribution is 0.447. The number of piperidine rings is 1. The van der Waals surface area contributed by atoms with E-state index >= 15 is 0 Å². The number of anilines is 3. The van der Waals surface area contributed by atoms with Gasteiger partial charge in [0.2, 0.25) is 5.95 Å². The zero-order chi connectivity index (χ0) is 16.9. The Morgan fingerprint density at radius 3 is 2.83 bits per heavy atom. The monoisotopic (exact) mass is 324 g/mol. The number of nitrogens with one attached hydrogen (secondary N) is 1. The summed E-state index contributed by atoms with van der Waals surface area (Å²) in [7, 11) is 0. The van der Waals surface area contributed by atoms with Crippen LogP contribution in [0.2, 0.25) is 0 Å². The van der Waals surface area contributed by atoms with Gasteiger partial charge >= 0.3 is 0 Å². The van der Waals surface area contributed by atoms with Gasteiger partial charge in [0.1, 0.15) is 5.82 Å². The minimum absolute atomic E-state index is 0.462. The van der Waals surface area contributed by atoms with Gasteiger partial charge in [0.05, 0.1) is 0 Å². The molecule has 3 rings (SSSR count). The molecular weight excluding hydrogens is 296 g/mol. The number of nitrogens with zero attached hydrogens (tertiary/aromatic N) is 3. The molecule has 0 radical (unpaired) electrons. The van der Waals surface area contributed by atoms with Crippen LogP contribution in [0.5, 0.6) is 0 Å². The highest BCUT2D eigenvalue weighted by atomic mass is 15.2. The minimum Gasteiger partial charge on any atom is -0.353 e. The molecule has 1 atom stereocenters. The number of rotatable bonds is 5. The van der Waals surface area contributed by atoms with Gasteiger partial charge in [0.25, 0.3) is 0 Å². The molecule has 4 nitrogen and oxygen atoms in total. The summed E-state index contributed by atoms with van der Waals surface area (Å²) in [6.45, 7) is 7.77. The number of hydrogen-bond acceptors (Lipinski definition) is 4. The molecule has 2 heterocycles. The molecule has 1 aromatic heterocycles. The lowest BCUT2D eigenvalue weighted by Gasteiger charge is -2.36. The number of para-hydroxylation sites is 1. The van der Waals surface area contributed by atoms with Crippen molar-refractivity contribution >= 4 is 17.5 Å². The summed E-state index contributed by atoms with van der Waals surface area (Å²) in [5.41, 5.74) is 2.38. The Bertz CT molecular complexity index is 668. The molecule has 0 aliphatic carbocycles. The second kappa shape index (κ2) is 7.65. The fourth-order valence-corrected chi connectivity index (χ4v) is 3.53. The Morgan fingerprint density at radius 2 is 2.04 bits per heavy atom. The van der Waals surface area contributed by atoms with Crippen molar-refractivity contribution < 1.29 is 0 Å². The van der Waals surface area contributed by atoms with Gasteiger partial charge in [0, 0.05) is 24.5 Å². The average Bonchev–Trinajstić information content (AvgIpc) is 2.62. The zero-order valence-corrected chi connectivity index (χ0v) is 15.0. The molecule has 1 aliphatic rings. The van der Waals surface area contributed by atoms with E-state index in [4.69, 9.17) is 4.98 Å². The van der Waals surface area contributed by atoms with Gasteiger partial charge in [-0.3, -0.25) is 0 Å². The Balaban J connectivity index is 1.83. The zero-order valence-electron chi connectivity index (χ0n) is 15.0. The van der Waals surface area contributed by atoms with E-state index in [1.54, 1.807) is 0 Å². The Labute approximate surface area is 145 Å². The lowest BCUT2D eigenvalue weighted by Crippen LogP contribution is -2.39. The van der Waals surface area contributed by atoms with E-state index in [0.29, 0.717) is 17.9 Å². The quantitative estimate of drug-likeness (QED) is 0.829. The first-order chi connectivity index (χ1) is 11.7. The largest absolute Gasteiger partial charge is 0.353 e. The van der Waals surface area contributed by atoms with Crippen LogP contribution in [0.4, 0.5) is 17.5 Å². The van der Waals surface area contributed by atoms with E-state index in [2.05, 4.69) is 60.2 Å². The topological polar surface area (TPSA) is 41.1 Å². The molecule has 1 unspecified atom stereocenters. The van der Waals surface area contributed by atoms with Gasteiger partial charge in [-0.15, -0.1) is 0 Å². The third kappa shape index (κ3) is 3.69. The van der Waals surface area contributed by atoms with Gasteiger partial charge in [-0.2, -0.15) is 4.98 Å². The molecule has 0 bridgehead atoms. The predicted octanol–water partition coefficient (Wildman–Crippen LogP) is 5.11. The first kappa shape index (κ1) is 16.7. The van der Waals surface area contributed by atoms with Crippen molar-refractivity contribution in [3.05, 3.63) is 42.1 Å².